The second-order valence-electron chi connectivity index (χ2n) is 5.85. The highest BCUT2D eigenvalue weighted by Gasteiger charge is 2.34. The summed E-state index contributed by atoms with van der Waals surface area (Å²) in [5.41, 5.74) is -0.567. The second kappa shape index (κ2) is 7.74. The van der Waals surface area contributed by atoms with Gasteiger partial charge in [-0.1, -0.05) is 12.1 Å². The van der Waals surface area contributed by atoms with Crippen molar-refractivity contribution in [2.45, 2.75) is 12.7 Å². The smallest absolute Gasteiger partial charge is 0.378 e. The van der Waals surface area contributed by atoms with Crippen molar-refractivity contribution in [1.82, 2.24) is 10.3 Å². The molecule has 1 aromatic heterocycles. The van der Waals surface area contributed by atoms with Gasteiger partial charge in [0.2, 0.25) is 0 Å². The average molecular weight is 365 g/mol. The van der Waals surface area contributed by atoms with Gasteiger partial charge < -0.3 is 15.0 Å². The zero-order chi connectivity index (χ0) is 18.6. The zero-order valence-electron chi connectivity index (χ0n) is 13.9. The molecule has 0 spiro atoms. The van der Waals surface area contributed by atoms with Gasteiger partial charge >= 0.3 is 6.18 Å². The van der Waals surface area contributed by atoms with Gasteiger partial charge in [-0.3, -0.25) is 4.79 Å². The van der Waals surface area contributed by atoms with E-state index in [1.54, 1.807) is 12.3 Å². The van der Waals surface area contributed by atoms with Crippen LogP contribution in [0.15, 0.2) is 42.6 Å². The number of benzene rings is 1. The van der Waals surface area contributed by atoms with Crippen LogP contribution in [0.5, 0.6) is 0 Å². The number of anilines is 1. The highest BCUT2D eigenvalue weighted by molar-refractivity contribution is 5.95. The van der Waals surface area contributed by atoms with E-state index in [1.165, 1.54) is 18.2 Å². The summed E-state index contributed by atoms with van der Waals surface area (Å²) in [6, 6.07) is 8.28. The first-order valence-corrected chi connectivity index (χ1v) is 8.17. The van der Waals surface area contributed by atoms with Crippen molar-refractivity contribution in [3.8, 4) is 0 Å². The summed E-state index contributed by atoms with van der Waals surface area (Å²) in [5, 5.41) is 2.55. The van der Waals surface area contributed by atoms with E-state index in [0.717, 1.165) is 30.5 Å². The Hall–Kier alpha value is -2.61. The summed E-state index contributed by atoms with van der Waals surface area (Å²) < 4.78 is 44.4. The van der Waals surface area contributed by atoms with E-state index in [9.17, 15) is 18.0 Å². The number of aromatic nitrogens is 1. The van der Waals surface area contributed by atoms with Gasteiger partial charge in [-0.25, -0.2) is 4.98 Å². The Balaban J connectivity index is 1.69. The lowest BCUT2D eigenvalue weighted by Gasteiger charge is -2.28. The van der Waals surface area contributed by atoms with E-state index >= 15 is 0 Å². The fraction of sp³-hybridized carbons (Fsp3) is 0.333. The first-order chi connectivity index (χ1) is 12.4. The fourth-order valence-electron chi connectivity index (χ4n) is 2.74. The number of alkyl halides is 3. The van der Waals surface area contributed by atoms with Gasteiger partial charge in [-0.05, 0) is 29.8 Å². The van der Waals surface area contributed by atoms with Crippen LogP contribution in [-0.4, -0.2) is 37.2 Å². The molecule has 5 nitrogen and oxygen atoms in total. The maximum absolute atomic E-state index is 13.0. The fourth-order valence-corrected chi connectivity index (χ4v) is 2.74. The van der Waals surface area contributed by atoms with E-state index in [2.05, 4.69) is 15.2 Å². The molecule has 1 fully saturated rings. The highest BCUT2D eigenvalue weighted by Crippen LogP contribution is 2.31. The molecular weight excluding hydrogens is 347 g/mol. The molecule has 2 heterocycles. The number of rotatable bonds is 4. The number of morpholine rings is 1. The molecule has 1 aliphatic rings. The zero-order valence-corrected chi connectivity index (χ0v) is 13.9. The van der Waals surface area contributed by atoms with Gasteiger partial charge in [0.15, 0.2) is 0 Å². The van der Waals surface area contributed by atoms with Crippen LogP contribution in [0.25, 0.3) is 0 Å². The lowest BCUT2D eigenvalue weighted by atomic mass is 10.1. The number of carbonyl (C=O) groups excluding carboxylic acids is 1. The van der Waals surface area contributed by atoms with Crippen molar-refractivity contribution >= 4 is 11.7 Å². The van der Waals surface area contributed by atoms with Gasteiger partial charge in [0.05, 0.1) is 24.3 Å². The topological polar surface area (TPSA) is 54.5 Å². The molecule has 0 atom stereocenters. The molecule has 1 N–H and O–H groups in total. The van der Waals surface area contributed by atoms with Crippen LogP contribution in [0.3, 0.4) is 0 Å². The predicted octanol–water partition coefficient (Wildman–Crippen LogP) is 2.87. The van der Waals surface area contributed by atoms with Crippen molar-refractivity contribution < 1.29 is 22.7 Å². The number of nitrogens with one attached hydrogen (secondary N) is 1. The number of pyridine rings is 1. The third kappa shape index (κ3) is 4.32. The molecule has 0 aliphatic carbocycles. The van der Waals surface area contributed by atoms with Gasteiger partial charge in [-0.2, -0.15) is 13.2 Å². The number of nitrogens with zero attached hydrogens (tertiary/aromatic N) is 2. The second-order valence-corrected chi connectivity index (χ2v) is 5.85. The normalized spacial score (nSPS) is 15.0. The minimum Gasteiger partial charge on any atom is -0.378 e. The van der Waals surface area contributed by atoms with Crippen molar-refractivity contribution in [3.05, 3.63) is 59.3 Å². The highest BCUT2D eigenvalue weighted by atomic mass is 19.4. The van der Waals surface area contributed by atoms with Crippen LogP contribution in [0.4, 0.5) is 19.0 Å². The largest absolute Gasteiger partial charge is 0.417 e. The van der Waals surface area contributed by atoms with E-state index in [4.69, 9.17) is 4.74 Å². The third-order valence-electron chi connectivity index (χ3n) is 4.08. The molecule has 26 heavy (non-hydrogen) atoms. The van der Waals surface area contributed by atoms with Crippen LogP contribution in [0.1, 0.15) is 21.5 Å². The van der Waals surface area contributed by atoms with E-state index < -0.39 is 17.6 Å². The minimum absolute atomic E-state index is 0.116. The van der Waals surface area contributed by atoms with E-state index in [0.29, 0.717) is 13.2 Å². The number of ether oxygens (including phenoxy) is 1. The Kier molecular flexibility index (Phi) is 5.41. The maximum Gasteiger partial charge on any atom is 0.417 e. The molecule has 0 unspecified atom stereocenters. The quantitative estimate of drug-likeness (QED) is 0.905. The minimum atomic E-state index is -4.58. The van der Waals surface area contributed by atoms with E-state index in [-0.39, 0.29) is 12.1 Å². The molecule has 1 aliphatic heterocycles. The Bertz CT molecular complexity index is 774. The first kappa shape index (κ1) is 18.2. The lowest BCUT2D eigenvalue weighted by molar-refractivity contribution is -0.137. The summed E-state index contributed by atoms with van der Waals surface area (Å²) in [7, 11) is 0. The van der Waals surface area contributed by atoms with Crippen molar-refractivity contribution in [1.29, 1.82) is 0 Å². The van der Waals surface area contributed by atoms with Gasteiger partial charge in [0, 0.05) is 25.8 Å². The van der Waals surface area contributed by atoms with Crippen molar-refractivity contribution in [2.75, 3.05) is 31.2 Å². The van der Waals surface area contributed by atoms with Gasteiger partial charge in [0.25, 0.3) is 5.91 Å². The molecular formula is C18H18F3N3O2. The molecule has 3 rings (SSSR count). The van der Waals surface area contributed by atoms with Gasteiger partial charge in [0.1, 0.15) is 5.82 Å². The Morgan fingerprint density at radius 2 is 1.92 bits per heavy atom. The summed E-state index contributed by atoms with van der Waals surface area (Å²) >= 11 is 0. The van der Waals surface area contributed by atoms with Crippen LogP contribution >= 0.6 is 0 Å². The third-order valence-corrected chi connectivity index (χ3v) is 4.08. The van der Waals surface area contributed by atoms with Crippen LogP contribution in [0.2, 0.25) is 0 Å². The number of carbonyl (C=O) groups is 1. The monoisotopic (exact) mass is 365 g/mol. The number of amides is 1. The number of hydrogen-bond acceptors (Lipinski definition) is 4. The van der Waals surface area contributed by atoms with Crippen molar-refractivity contribution in [2.24, 2.45) is 0 Å². The molecule has 1 saturated heterocycles. The summed E-state index contributed by atoms with van der Waals surface area (Å²) in [5.74, 6) is -0.00148. The predicted molar refractivity (Wildman–Crippen MR) is 89.9 cm³/mol. The Labute approximate surface area is 148 Å². The van der Waals surface area contributed by atoms with Crippen molar-refractivity contribution in [3.63, 3.8) is 0 Å². The average Bonchev–Trinajstić information content (AvgIpc) is 2.66. The number of hydrogen-bond donors (Lipinski definition) is 1. The molecule has 0 radical (unpaired) electrons. The summed E-state index contributed by atoms with van der Waals surface area (Å²) in [6.07, 6.45) is -2.95. The SMILES string of the molecule is O=C(NCc1ccnc(N2CCOCC2)c1)c1ccccc1C(F)(F)F. The molecule has 8 heteroatoms. The molecule has 1 aromatic carbocycles. The van der Waals surface area contributed by atoms with Gasteiger partial charge in [-0.15, -0.1) is 0 Å². The van der Waals surface area contributed by atoms with Crippen LogP contribution in [0, 0.1) is 0 Å². The molecule has 0 bridgehead atoms. The molecule has 0 saturated carbocycles. The lowest BCUT2D eigenvalue weighted by Crippen LogP contribution is -2.36. The van der Waals surface area contributed by atoms with Crippen LogP contribution < -0.4 is 10.2 Å². The molecule has 138 valence electrons. The molecule has 1 amide bonds. The standard InChI is InChI=1S/C18H18F3N3O2/c19-18(20,21)15-4-2-1-3-14(15)17(25)23-12-13-5-6-22-16(11-13)24-7-9-26-10-8-24/h1-6,11H,7-10,12H2,(H,23,25). The summed E-state index contributed by atoms with van der Waals surface area (Å²) in [6.45, 7) is 2.81. The summed E-state index contributed by atoms with van der Waals surface area (Å²) in [4.78, 5) is 18.6. The Morgan fingerprint density at radius 1 is 1.19 bits per heavy atom. The number of halogens is 3. The van der Waals surface area contributed by atoms with E-state index in [1.807, 2.05) is 6.07 Å². The first-order valence-electron chi connectivity index (χ1n) is 8.17. The Morgan fingerprint density at radius 3 is 2.65 bits per heavy atom. The maximum atomic E-state index is 13.0. The van der Waals surface area contributed by atoms with Crippen LogP contribution in [-0.2, 0) is 17.5 Å². The molecule has 2 aromatic rings.